The van der Waals surface area contributed by atoms with Crippen LogP contribution in [0, 0.1) is 6.92 Å². The number of carbonyl (C=O) groups excluding carboxylic acids is 1. The number of amides is 1. The summed E-state index contributed by atoms with van der Waals surface area (Å²) in [6, 6.07) is 1.79. The number of aryl methyl sites for hydroxylation is 1. The van der Waals surface area contributed by atoms with Gasteiger partial charge >= 0.3 is 0 Å². The molecule has 7 nitrogen and oxygen atoms in total. The van der Waals surface area contributed by atoms with Crippen LogP contribution in [0.25, 0.3) is 22.4 Å². The second-order valence-electron chi connectivity index (χ2n) is 6.67. The Kier molecular flexibility index (Phi) is 5.27. The van der Waals surface area contributed by atoms with Crippen molar-refractivity contribution in [2.75, 3.05) is 18.5 Å². The zero-order valence-electron chi connectivity index (χ0n) is 15.2. The summed E-state index contributed by atoms with van der Waals surface area (Å²) in [5.74, 6) is 0.672. The van der Waals surface area contributed by atoms with Crippen LogP contribution < -0.4 is 10.6 Å². The van der Waals surface area contributed by atoms with E-state index in [1.165, 1.54) is 0 Å². The molecule has 0 aromatic carbocycles. The van der Waals surface area contributed by atoms with E-state index in [-0.39, 0.29) is 16.7 Å². The van der Waals surface area contributed by atoms with Crippen molar-refractivity contribution < 1.29 is 13.5 Å². The number of nitrogens with one attached hydrogen (secondary N) is 3. The lowest BCUT2D eigenvalue weighted by Crippen LogP contribution is -2.48. The van der Waals surface area contributed by atoms with Gasteiger partial charge in [0.15, 0.2) is 5.82 Å². The minimum absolute atomic E-state index is 0. The third kappa shape index (κ3) is 4.00. The van der Waals surface area contributed by atoms with Gasteiger partial charge < -0.3 is 15.6 Å². The molecule has 0 radical (unpaired) electrons. The lowest BCUT2D eigenvalue weighted by atomic mass is 10.0. The lowest BCUT2D eigenvalue weighted by molar-refractivity contribution is -0.124. The Morgan fingerprint density at radius 2 is 2.15 bits per heavy atom. The molecule has 0 spiro atoms. The number of hydrogen-bond donors (Lipinski definition) is 3. The molecule has 0 bridgehead atoms. The first-order valence-electron chi connectivity index (χ1n) is 8.41. The first-order chi connectivity index (χ1) is 12.8. The van der Waals surface area contributed by atoms with Crippen LogP contribution in [-0.2, 0) is 4.79 Å². The Morgan fingerprint density at radius 3 is 2.89 bits per heavy atom. The number of anilines is 1. The molecular formula is C18H26ClFN6O. The fourth-order valence-electron chi connectivity index (χ4n) is 2.60. The summed E-state index contributed by atoms with van der Waals surface area (Å²) in [5.41, 5.74) is 1.24. The number of aromatic amines is 1. The summed E-state index contributed by atoms with van der Waals surface area (Å²) >= 11 is 6.05. The van der Waals surface area contributed by atoms with Crippen molar-refractivity contribution in [3.63, 3.8) is 0 Å². The van der Waals surface area contributed by atoms with Gasteiger partial charge in [-0.15, -0.1) is 0 Å². The molecule has 9 heteroatoms. The molecule has 3 rings (SSSR count). The quantitative estimate of drug-likeness (QED) is 0.585. The molecule has 0 atom stereocenters. The van der Waals surface area contributed by atoms with E-state index in [2.05, 4.69) is 30.6 Å². The maximum atomic E-state index is 12.3. The summed E-state index contributed by atoms with van der Waals surface area (Å²) in [4.78, 5) is 28.5. The minimum Gasteiger partial charge on any atom is -0.356 e. The molecule has 0 saturated carbocycles. The van der Waals surface area contributed by atoms with Crippen LogP contribution in [0.5, 0.6) is 0 Å². The lowest BCUT2D eigenvalue weighted by Gasteiger charge is -2.26. The number of halogens is 2. The standard InChI is InChI=1S/C18H20ClFN6O.3H2/c1-10-7-22-16(13-9-24-15-12(13)6-11(19)8-23-15)25-14(10)26-18(2,3)17(27)21-5-4-20;;;/h6-9H,4-5H2,1-3H3,(H,21,27)(H,23,24)(H,22,25,26);3*1H. The summed E-state index contributed by atoms with van der Waals surface area (Å²) in [7, 11) is 0. The molecule has 3 aromatic heterocycles. The van der Waals surface area contributed by atoms with Gasteiger partial charge in [-0.3, -0.25) is 4.79 Å². The van der Waals surface area contributed by atoms with Gasteiger partial charge in [0.2, 0.25) is 5.91 Å². The van der Waals surface area contributed by atoms with Crippen LogP contribution in [0.2, 0.25) is 5.02 Å². The molecule has 3 heterocycles. The van der Waals surface area contributed by atoms with Crippen molar-refractivity contribution in [2.45, 2.75) is 26.3 Å². The highest BCUT2D eigenvalue weighted by Crippen LogP contribution is 2.28. The van der Waals surface area contributed by atoms with E-state index >= 15 is 0 Å². The summed E-state index contributed by atoms with van der Waals surface area (Å²) < 4.78 is 12.3. The third-order valence-electron chi connectivity index (χ3n) is 4.09. The number of pyridine rings is 1. The molecular weight excluding hydrogens is 371 g/mol. The van der Waals surface area contributed by atoms with Crippen molar-refractivity contribution in [3.8, 4) is 11.4 Å². The number of rotatable bonds is 6. The smallest absolute Gasteiger partial charge is 0.245 e. The summed E-state index contributed by atoms with van der Waals surface area (Å²) in [5, 5.41) is 6.97. The Bertz CT molecular complexity index is 1000. The molecule has 1 amide bonds. The molecule has 0 saturated heterocycles. The highest BCUT2D eigenvalue weighted by molar-refractivity contribution is 6.31. The maximum Gasteiger partial charge on any atom is 0.245 e. The number of aromatic nitrogens is 4. The van der Waals surface area contributed by atoms with Gasteiger partial charge in [0.25, 0.3) is 0 Å². The van der Waals surface area contributed by atoms with Gasteiger partial charge in [-0.1, -0.05) is 11.6 Å². The number of fused-ring (bicyclic) bond motifs is 1. The number of carbonyl (C=O) groups is 1. The van der Waals surface area contributed by atoms with Crippen LogP contribution in [0.15, 0.2) is 24.7 Å². The molecule has 0 unspecified atom stereocenters. The van der Waals surface area contributed by atoms with E-state index in [1.807, 2.05) is 6.92 Å². The van der Waals surface area contributed by atoms with Crippen molar-refractivity contribution in [3.05, 3.63) is 35.2 Å². The monoisotopic (exact) mass is 396 g/mol. The topological polar surface area (TPSA) is 95.6 Å². The highest BCUT2D eigenvalue weighted by atomic mass is 35.5. The van der Waals surface area contributed by atoms with Gasteiger partial charge in [-0.25, -0.2) is 19.3 Å². The largest absolute Gasteiger partial charge is 0.356 e. The van der Waals surface area contributed by atoms with Crippen LogP contribution in [0.1, 0.15) is 23.7 Å². The Labute approximate surface area is 165 Å². The third-order valence-corrected chi connectivity index (χ3v) is 4.30. The average Bonchev–Trinajstić information content (AvgIpc) is 3.04. The molecule has 0 fully saturated rings. The molecule has 27 heavy (non-hydrogen) atoms. The second kappa shape index (κ2) is 7.48. The number of alkyl halides is 1. The molecule has 0 aliphatic rings. The first kappa shape index (κ1) is 19.0. The fourth-order valence-corrected chi connectivity index (χ4v) is 2.75. The molecule has 3 aromatic rings. The molecule has 3 N–H and O–H groups in total. The molecule has 0 aliphatic heterocycles. The Hall–Kier alpha value is -2.74. The van der Waals surface area contributed by atoms with Gasteiger partial charge in [0.05, 0.1) is 5.02 Å². The normalized spacial score (nSPS) is 11.6. The number of hydrogen-bond acceptors (Lipinski definition) is 5. The van der Waals surface area contributed by atoms with Crippen molar-refractivity contribution >= 4 is 34.4 Å². The van der Waals surface area contributed by atoms with E-state index < -0.39 is 12.2 Å². The number of nitrogens with zero attached hydrogens (tertiary/aromatic N) is 3. The van der Waals surface area contributed by atoms with E-state index in [0.717, 1.165) is 16.5 Å². The van der Waals surface area contributed by atoms with Gasteiger partial charge in [0.1, 0.15) is 23.7 Å². The van der Waals surface area contributed by atoms with Crippen LogP contribution in [-0.4, -0.2) is 44.6 Å². The van der Waals surface area contributed by atoms with Crippen molar-refractivity contribution in [1.29, 1.82) is 0 Å². The summed E-state index contributed by atoms with van der Waals surface area (Å²) in [6.45, 7) is 4.61. The first-order valence-corrected chi connectivity index (χ1v) is 8.78. The Balaban J connectivity index is 0.00000280. The highest BCUT2D eigenvalue weighted by Gasteiger charge is 2.28. The summed E-state index contributed by atoms with van der Waals surface area (Å²) in [6.07, 6.45) is 5.00. The predicted molar refractivity (Wildman–Crippen MR) is 110 cm³/mol. The number of H-pyrrole nitrogens is 1. The van der Waals surface area contributed by atoms with E-state index in [9.17, 15) is 9.18 Å². The van der Waals surface area contributed by atoms with Crippen LogP contribution >= 0.6 is 11.6 Å². The predicted octanol–water partition coefficient (Wildman–Crippen LogP) is 4.00. The van der Waals surface area contributed by atoms with Crippen LogP contribution in [0.4, 0.5) is 10.2 Å². The van der Waals surface area contributed by atoms with Gasteiger partial charge in [0, 0.05) is 45.9 Å². The van der Waals surface area contributed by atoms with E-state index in [4.69, 9.17) is 11.6 Å². The zero-order valence-corrected chi connectivity index (χ0v) is 16.0. The second-order valence-corrected chi connectivity index (χ2v) is 7.11. The van der Waals surface area contributed by atoms with Gasteiger partial charge in [-0.2, -0.15) is 0 Å². The average molecular weight is 397 g/mol. The molecule has 0 aliphatic carbocycles. The Morgan fingerprint density at radius 1 is 1.37 bits per heavy atom. The van der Waals surface area contributed by atoms with Gasteiger partial charge in [-0.05, 0) is 26.8 Å². The van der Waals surface area contributed by atoms with E-state index in [0.29, 0.717) is 22.3 Å². The zero-order chi connectivity index (χ0) is 19.6. The fraction of sp³-hybridized carbons (Fsp3) is 0.333. The minimum atomic E-state index is -0.976. The van der Waals surface area contributed by atoms with E-state index in [1.54, 1.807) is 38.5 Å². The molecule has 148 valence electrons. The van der Waals surface area contributed by atoms with Crippen molar-refractivity contribution in [2.24, 2.45) is 0 Å². The van der Waals surface area contributed by atoms with Crippen molar-refractivity contribution in [1.82, 2.24) is 25.3 Å². The maximum absolute atomic E-state index is 12.3. The van der Waals surface area contributed by atoms with Crippen LogP contribution in [0.3, 0.4) is 0 Å². The SMILES string of the molecule is Cc1cnc(-c2c[nH]c3ncc(Cl)cc23)nc1NC(C)(C)C(=O)NCCF.[HH].[HH].[HH].